The third-order valence-electron chi connectivity index (χ3n) is 4.62. The minimum Gasteiger partial charge on any atom is -0.294 e. The number of carbonyl (C=O) groups excluding carboxylic acids is 2. The highest BCUT2D eigenvalue weighted by Crippen LogP contribution is 2.35. The summed E-state index contributed by atoms with van der Waals surface area (Å²) in [5, 5.41) is 0.288. The number of rotatable bonds is 6. The van der Waals surface area contributed by atoms with Gasteiger partial charge in [0.05, 0.1) is 10.7 Å². The normalized spacial score (nSPS) is 10.5. The molecule has 7 heteroatoms. The van der Waals surface area contributed by atoms with Crippen molar-refractivity contribution in [2.75, 3.05) is 21.8 Å². The molecule has 0 unspecified atom stereocenters. The largest absolute Gasteiger partial charge is 0.294 e. The zero-order valence-corrected chi connectivity index (χ0v) is 18.5. The fraction of sp³-hybridized carbons (Fsp3) is 0.130. The number of aryl methyl sites for hydroxylation is 1. The van der Waals surface area contributed by atoms with Gasteiger partial charge in [-0.15, -0.1) is 23.2 Å². The van der Waals surface area contributed by atoms with E-state index in [0.29, 0.717) is 22.5 Å². The highest BCUT2D eigenvalue weighted by molar-refractivity contribution is 6.35. The zero-order chi connectivity index (χ0) is 21.7. The number of hydrogen-bond acceptors (Lipinski definition) is 2. The monoisotopic (exact) mass is 460 g/mol. The lowest BCUT2D eigenvalue weighted by Gasteiger charge is -2.26. The summed E-state index contributed by atoms with van der Waals surface area (Å²) >= 11 is 18.7. The quantitative estimate of drug-likeness (QED) is 0.318. The van der Waals surface area contributed by atoms with E-state index in [1.165, 1.54) is 9.80 Å². The van der Waals surface area contributed by atoms with Gasteiger partial charge in [0.2, 0.25) is 0 Å². The maximum absolute atomic E-state index is 12.9. The SMILES string of the molecule is Cc1cc(N(CCl)C(=O)c2ccccc2)c(Cl)cc1N(CCl)C(=O)c1ccccc1. The lowest BCUT2D eigenvalue weighted by atomic mass is 10.1. The maximum atomic E-state index is 12.9. The van der Waals surface area contributed by atoms with E-state index in [1.54, 1.807) is 60.7 Å². The second kappa shape index (κ2) is 9.98. The molecule has 0 bridgehead atoms. The van der Waals surface area contributed by atoms with Crippen LogP contribution in [0.25, 0.3) is 0 Å². The third kappa shape index (κ3) is 4.62. The van der Waals surface area contributed by atoms with Crippen molar-refractivity contribution in [1.29, 1.82) is 0 Å². The fourth-order valence-corrected chi connectivity index (χ4v) is 3.82. The average molecular weight is 462 g/mol. The zero-order valence-electron chi connectivity index (χ0n) is 16.2. The Morgan fingerprint density at radius 2 is 1.17 bits per heavy atom. The van der Waals surface area contributed by atoms with Gasteiger partial charge in [0.15, 0.2) is 0 Å². The second-order valence-corrected chi connectivity index (χ2v) is 7.41. The number of halogens is 3. The number of benzene rings is 3. The molecule has 2 amide bonds. The lowest BCUT2D eigenvalue weighted by Crippen LogP contribution is -2.32. The predicted octanol–water partition coefficient (Wildman–Crippen LogP) is 6.33. The highest BCUT2D eigenvalue weighted by Gasteiger charge is 2.24. The summed E-state index contributed by atoms with van der Waals surface area (Å²) in [5.74, 6) is -0.513. The van der Waals surface area contributed by atoms with E-state index in [0.717, 1.165) is 5.56 Å². The van der Waals surface area contributed by atoms with Crippen LogP contribution in [-0.4, -0.2) is 23.8 Å². The molecule has 3 aromatic carbocycles. The molecule has 4 nitrogen and oxygen atoms in total. The fourth-order valence-electron chi connectivity index (χ4n) is 3.08. The van der Waals surface area contributed by atoms with E-state index in [9.17, 15) is 9.59 Å². The minimum atomic E-state index is -0.269. The summed E-state index contributed by atoms with van der Waals surface area (Å²) in [6.07, 6.45) is 0. The Kier molecular flexibility index (Phi) is 7.38. The van der Waals surface area contributed by atoms with Gasteiger partial charge in [-0.05, 0) is 48.9 Å². The first-order chi connectivity index (χ1) is 14.5. The molecule has 30 heavy (non-hydrogen) atoms. The number of alkyl halides is 2. The van der Waals surface area contributed by atoms with Crippen LogP contribution in [0.15, 0.2) is 72.8 Å². The Hall–Kier alpha value is -2.53. The van der Waals surface area contributed by atoms with Gasteiger partial charge in [-0.1, -0.05) is 48.0 Å². The molecule has 0 aliphatic rings. The van der Waals surface area contributed by atoms with Gasteiger partial charge < -0.3 is 0 Å². The molecule has 0 fully saturated rings. The predicted molar refractivity (Wildman–Crippen MR) is 124 cm³/mol. The van der Waals surface area contributed by atoms with Gasteiger partial charge in [0.25, 0.3) is 11.8 Å². The lowest BCUT2D eigenvalue weighted by molar-refractivity contribution is 0.0983. The molecular weight excluding hydrogens is 443 g/mol. The standard InChI is InChI=1S/C23H19Cl3N2O2/c1-16-12-21(28(15-25)23(30)18-10-6-3-7-11-18)19(26)13-20(16)27(14-24)22(29)17-8-4-2-5-9-17/h2-13H,14-15H2,1H3. The van der Waals surface area contributed by atoms with Crippen molar-refractivity contribution in [3.63, 3.8) is 0 Å². The molecule has 0 aliphatic heterocycles. The minimum absolute atomic E-state index is 0.0492. The summed E-state index contributed by atoms with van der Waals surface area (Å²) in [6, 6.07) is 20.9. The summed E-state index contributed by atoms with van der Waals surface area (Å²) < 4.78 is 0. The second-order valence-electron chi connectivity index (χ2n) is 6.53. The van der Waals surface area contributed by atoms with E-state index >= 15 is 0 Å². The topological polar surface area (TPSA) is 40.6 Å². The van der Waals surface area contributed by atoms with Crippen molar-refractivity contribution in [2.45, 2.75) is 6.92 Å². The summed E-state index contributed by atoms with van der Waals surface area (Å²) in [7, 11) is 0. The molecule has 3 aromatic rings. The number of hydrogen-bond donors (Lipinski definition) is 0. The van der Waals surface area contributed by atoms with Crippen molar-refractivity contribution in [3.05, 3.63) is 94.5 Å². The van der Waals surface area contributed by atoms with Crippen molar-refractivity contribution in [1.82, 2.24) is 0 Å². The van der Waals surface area contributed by atoms with Gasteiger partial charge in [0.1, 0.15) is 12.0 Å². The van der Waals surface area contributed by atoms with E-state index in [4.69, 9.17) is 34.8 Å². The Balaban J connectivity index is 1.98. The highest BCUT2D eigenvalue weighted by atomic mass is 35.5. The van der Waals surface area contributed by atoms with Crippen molar-refractivity contribution < 1.29 is 9.59 Å². The molecule has 0 N–H and O–H groups in total. The van der Waals surface area contributed by atoms with Gasteiger partial charge in [-0.25, -0.2) is 0 Å². The van der Waals surface area contributed by atoms with Crippen LogP contribution < -0.4 is 9.80 Å². The Morgan fingerprint density at radius 1 is 0.733 bits per heavy atom. The van der Waals surface area contributed by atoms with E-state index < -0.39 is 0 Å². The Morgan fingerprint density at radius 3 is 1.60 bits per heavy atom. The Bertz CT molecular complexity index is 958. The van der Waals surface area contributed by atoms with Crippen LogP contribution >= 0.6 is 34.8 Å². The third-order valence-corrected chi connectivity index (χ3v) is 5.40. The molecule has 0 aromatic heterocycles. The molecule has 0 saturated carbocycles. The van der Waals surface area contributed by atoms with E-state index in [1.807, 2.05) is 19.1 Å². The molecule has 154 valence electrons. The van der Waals surface area contributed by atoms with Crippen LogP contribution in [0.5, 0.6) is 0 Å². The van der Waals surface area contributed by atoms with Gasteiger partial charge in [-0.2, -0.15) is 0 Å². The van der Waals surface area contributed by atoms with Crippen LogP contribution in [0.1, 0.15) is 26.3 Å². The molecule has 0 atom stereocenters. The number of carbonyl (C=O) groups is 2. The van der Waals surface area contributed by atoms with E-state index in [2.05, 4.69) is 0 Å². The molecule has 0 aliphatic carbocycles. The smallest absolute Gasteiger partial charge is 0.259 e. The molecule has 3 rings (SSSR count). The average Bonchev–Trinajstić information content (AvgIpc) is 2.78. The Labute approximate surface area is 190 Å². The molecule has 0 spiro atoms. The molecular formula is C23H19Cl3N2O2. The van der Waals surface area contributed by atoms with Crippen molar-refractivity contribution in [2.24, 2.45) is 0 Å². The first kappa shape index (κ1) is 22.2. The van der Waals surface area contributed by atoms with Gasteiger partial charge >= 0.3 is 0 Å². The molecule has 0 saturated heterocycles. The summed E-state index contributed by atoms with van der Waals surface area (Å²) in [6.45, 7) is 1.83. The van der Waals surface area contributed by atoms with Crippen LogP contribution in [0, 0.1) is 6.92 Å². The number of anilines is 2. The number of nitrogens with zero attached hydrogens (tertiary/aromatic N) is 2. The first-order valence-electron chi connectivity index (χ1n) is 9.13. The molecule has 0 radical (unpaired) electrons. The van der Waals surface area contributed by atoms with Gasteiger partial charge in [0, 0.05) is 16.8 Å². The van der Waals surface area contributed by atoms with Crippen molar-refractivity contribution in [3.8, 4) is 0 Å². The summed E-state index contributed by atoms with van der Waals surface area (Å²) in [5.41, 5.74) is 2.77. The van der Waals surface area contributed by atoms with E-state index in [-0.39, 0.29) is 28.8 Å². The first-order valence-corrected chi connectivity index (χ1v) is 10.6. The van der Waals surface area contributed by atoms with Crippen molar-refractivity contribution >= 4 is 58.0 Å². The van der Waals surface area contributed by atoms with Gasteiger partial charge in [-0.3, -0.25) is 19.4 Å². The van der Waals surface area contributed by atoms with Crippen LogP contribution in [0.3, 0.4) is 0 Å². The van der Waals surface area contributed by atoms with Crippen LogP contribution in [-0.2, 0) is 0 Å². The summed E-state index contributed by atoms with van der Waals surface area (Å²) in [4.78, 5) is 28.7. The maximum Gasteiger partial charge on any atom is 0.259 e. The number of amides is 2. The van der Waals surface area contributed by atoms with Crippen LogP contribution in [0.2, 0.25) is 5.02 Å². The molecule has 0 heterocycles. The van der Waals surface area contributed by atoms with Crippen LogP contribution in [0.4, 0.5) is 11.4 Å².